The summed E-state index contributed by atoms with van der Waals surface area (Å²) in [4.78, 5) is 81.0. The molecule has 3 amide bonds. The second kappa shape index (κ2) is 32.2. The van der Waals surface area contributed by atoms with Crippen LogP contribution in [0.15, 0.2) is 170 Å². The molecule has 88 heavy (non-hydrogen) atoms. The minimum atomic E-state index is -0.763. The van der Waals surface area contributed by atoms with Crippen LogP contribution < -0.4 is 42.7 Å². The van der Waals surface area contributed by atoms with Crippen molar-refractivity contribution in [3.63, 3.8) is 0 Å². The Labute approximate surface area is 525 Å². The summed E-state index contributed by atoms with van der Waals surface area (Å²) in [5.41, 5.74) is 20.4. The molecule has 0 aromatic heterocycles. The van der Waals surface area contributed by atoms with Crippen molar-refractivity contribution in [3.8, 4) is 0 Å². The molecule has 0 bridgehead atoms. The maximum atomic E-state index is 13.7. The van der Waals surface area contributed by atoms with Gasteiger partial charge >= 0.3 is 0 Å². The van der Waals surface area contributed by atoms with Crippen molar-refractivity contribution in [2.45, 2.75) is 84.0 Å². The first-order valence-corrected chi connectivity index (χ1v) is 28.9. The summed E-state index contributed by atoms with van der Waals surface area (Å²) in [6.07, 6.45) is 0.932. The quantitative estimate of drug-likeness (QED) is 0.0213. The van der Waals surface area contributed by atoms with Crippen LogP contribution in [0.25, 0.3) is 0 Å². The summed E-state index contributed by atoms with van der Waals surface area (Å²) < 4.78 is 40.7. The van der Waals surface area contributed by atoms with Gasteiger partial charge in [-0.05, 0) is 105 Å². The Bertz CT molecular complexity index is 3750. The van der Waals surface area contributed by atoms with Crippen molar-refractivity contribution in [1.82, 2.24) is 21.3 Å². The zero-order valence-corrected chi connectivity index (χ0v) is 50.2. The van der Waals surface area contributed by atoms with E-state index in [0.717, 1.165) is 57.9 Å². The second-order valence-electron chi connectivity index (χ2n) is 21.1. The third kappa shape index (κ3) is 18.8. The minimum absolute atomic E-state index is 0. The molecule has 0 radical (unpaired) electrons. The molecule has 14 nitrogen and oxygen atoms in total. The first-order chi connectivity index (χ1) is 41.6. The van der Waals surface area contributed by atoms with Crippen molar-refractivity contribution in [2.24, 2.45) is 17.4 Å². The Kier molecular flexibility index (Phi) is 25.0. The van der Waals surface area contributed by atoms with E-state index in [1.165, 1.54) is 42.5 Å². The molecule has 0 spiro atoms. The molecule has 2 aliphatic rings. The normalized spacial score (nSPS) is 15.9. The van der Waals surface area contributed by atoms with E-state index in [-0.39, 0.29) is 65.7 Å². The van der Waals surface area contributed by atoms with Crippen LogP contribution in [0.1, 0.15) is 101 Å². The lowest BCUT2D eigenvalue weighted by Crippen LogP contribution is -2.76. The number of amides is 3. The van der Waals surface area contributed by atoms with Gasteiger partial charge in [0.1, 0.15) is 24.0 Å². The fraction of sp³-hybridized carbons (Fsp3) is 0.235. The highest BCUT2D eigenvalue weighted by molar-refractivity contribution is 6.38. The number of hydrogen-bond donors (Lipinski definition) is 8. The number of ketones is 3. The van der Waals surface area contributed by atoms with E-state index in [9.17, 15) is 41.9 Å². The third-order valence-corrected chi connectivity index (χ3v) is 15.6. The van der Waals surface area contributed by atoms with Crippen LogP contribution in [-0.4, -0.2) is 60.3 Å². The first-order valence-electron chi connectivity index (χ1n) is 27.7. The summed E-state index contributed by atoms with van der Waals surface area (Å²) in [7, 11) is 1.68. The standard InChI is InChI=1S/C27H25ClFN3O2.C21H21ClFN3O2.C19H18ClFN2O2.CH4/c1-16(30)31-15-17-6-9-19(10-7-17)22-14-20-4-2-3-5-21(20)26(22)32-27(34)25(33)13-18-8-11-23(28)24(29)12-18;1-12(24)25-11-15-10-14-4-2-3-5-16(14)20(15)26-21(28)19(27)9-13-6-7-17(22)18(23)8-13;1-12(22-2)18(14-6-4-3-5-7-14)23-19(25)17(24)11-13-8-9-15(20)16(21)10-13;/h2-12,22,26H,13-15H2,1H3,(H2,30,31)(H,32,34);2-8,15,20H,9-11H2,1H3,(H2,24,25)(H,26,28);3-10,18,22H,1,11H2,2H3,(H,23,25);1H4/p+2/t22-,26+;15-,20-;;/m11../s1. The van der Waals surface area contributed by atoms with Gasteiger partial charge in [-0.1, -0.05) is 170 Å². The van der Waals surface area contributed by atoms with Crippen LogP contribution in [-0.2, 0) is 67.4 Å². The van der Waals surface area contributed by atoms with Crippen LogP contribution in [0.3, 0.4) is 0 Å². The lowest BCUT2D eigenvalue weighted by molar-refractivity contribution is -0.476. The number of likely N-dealkylation sites (N-methyl/N-ethyl adjacent to an activating group) is 1. The number of carbonyl (C=O) groups is 6. The molecule has 10 N–H and O–H groups in total. The minimum Gasteiger partial charge on any atom is -0.390 e. The Morgan fingerprint density at radius 1 is 0.557 bits per heavy atom. The van der Waals surface area contributed by atoms with Gasteiger partial charge in [-0.25, -0.2) is 13.2 Å². The average molecular weight is 1260 g/mol. The van der Waals surface area contributed by atoms with Crippen LogP contribution in [0.4, 0.5) is 13.2 Å². The highest BCUT2D eigenvalue weighted by Crippen LogP contribution is 2.42. The number of benzene rings is 7. The topological polar surface area (TPSA) is 231 Å². The van der Waals surface area contributed by atoms with Crippen LogP contribution in [0.2, 0.25) is 15.1 Å². The van der Waals surface area contributed by atoms with Crippen molar-refractivity contribution in [3.05, 3.63) is 258 Å². The van der Waals surface area contributed by atoms with Crippen LogP contribution in [0.5, 0.6) is 0 Å². The molecule has 458 valence electrons. The second-order valence-corrected chi connectivity index (χ2v) is 22.3. The molecule has 7 aromatic carbocycles. The Morgan fingerprint density at radius 2 is 0.977 bits per heavy atom. The number of hydrogen-bond acceptors (Lipinski definition) is 7. The number of nitrogens with one attached hydrogen (secondary N) is 6. The molecule has 0 fully saturated rings. The van der Waals surface area contributed by atoms with E-state index in [2.05, 4.69) is 50.0 Å². The van der Waals surface area contributed by atoms with Gasteiger partial charge in [0.25, 0.3) is 17.7 Å². The summed E-state index contributed by atoms with van der Waals surface area (Å²) in [5.74, 6) is -4.60. The summed E-state index contributed by atoms with van der Waals surface area (Å²) in [5, 5.41) is 11.3. The van der Waals surface area contributed by atoms with Crippen LogP contribution in [0, 0.1) is 23.4 Å². The zero-order chi connectivity index (χ0) is 62.9. The average Bonchev–Trinajstić information content (AvgIpc) is 1.98. The number of halogens is 6. The maximum Gasteiger partial charge on any atom is 0.288 e. The molecular formula is C68H70Cl3F3N8O6+2. The number of nitrogens with two attached hydrogens (primary N) is 2. The molecule has 9 rings (SSSR count). The number of amidine groups is 2. The largest absolute Gasteiger partial charge is 0.390 e. The summed E-state index contributed by atoms with van der Waals surface area (Å²) in [6.45, 7) is 8.66. The SMILES string of the molecule is C.C=C(NC)C(NC(=O)C(=O)Cc1ccc(Cl)c(F)c1)c1ccccc1.CC(N)=[NH+]C[C@H]1Cc2ccccc2[C@@H]1NC(=O)C(=O)Cc1ccc(Cl)c(F)c1.CC(N)=[NH+]Cc1ccc([C@H]2Cc3ccccc3[C@@H]2NC(=O)C(=O)Cc2ccc(Cl)c(F)c2)cc1. The third-order valence-electron chi connectivity index (χ3n) is 14.7. The van der Waals surface area contributed by atoms with Crippen LogP contribution >= 0.6 is 34.8 Å². The number of Topliss-reactive ketones (excluding diaryl/α,β-unsaturated/α-hetero) is 3. The summed E-state index contributed by atoms with van der Waals surface area (Å²) in [6, 6.07) is 44.1. The van der Waals surface area contributed by atoms with E-state index in [4.69, 9.17) is 46.3 Å². The molecule has 0 saturated carbocycles. The molecule has 2 aliphatic carbocycles. The van der Waals surface area contributed by atoms with Gasteiger partial charge in [0, 0.05) is 57.7 Å². The van der Waals surface area contributed by atoms with Gasteiger partial charge in [-0.15, -0.1) is 0 Å². The Balaban J connectivity index is 0.000000212. The molecule has 5 atom stereocenters. The smallest absolute Gasteiger partial charge is 0.288 e. The highest BCUT2D eigenvalue weighted by atomic mass is 35.5. The van der Waals surface area contributed by atoms with Gasteiger partial charge in [0.05, 0.1) is 39.7 Å². The van der Waals surface area contributed by atoms with Crippen molar-refractivity contribution in [1.29, 1.82) is 0 Å². The van der Waals surface area contributed by atoms with Gasteiger partial charge in [-0.2, -0.15) is 0 Å². The predicted octanol–water partition coefficient (Wildman–Crippen LogP) is 7.64. The summed E-state index contributed by atoms with van der Waals surface area (Å²) >= 11 is 17.0. The monoisotopic (exact) mass is 1260 g/mol. The van der Waals surface area contributed by atoms with Gasteiger partial charge in [-0.3, -0.25) is 50.2 Å². The molecule has 7 aromatic rings. The van der Waals surface area contributed by atoms with Gasteiger partial charge in [0.2, 0.25) is 29.0 Å². The van der Waals surface area contributed by atoms with E-state index in [0.29, 0.717) is 47.1 Å². The number of rotatable bonds is 20. The molecular weight excluding hydrogens is 1190 g/mol. The van der Waals surface area contributed by atoms with E-state index in [1.807, 2.05) is 97.9 Å². The predicted molar refractivity (Wildman–Crippen MR) is 338 cm³/mol. The van der Waals surface area contributed by atoms with E-state index >= 15 is 0 Å². The molecule has 20 heteroatoms. The van der Waals surface area contributed by atoms with E-state index < -0.39 is 58.6 Å². The molecule has 0 heterocycles. The number of carbonyl (C=O) groups excluding carboxylic acids is 6. The lowest BCUT2D eigenvalue weighted by atomic mass is 9.91. The van der Waals surface area contributed by atoms with Gasteiger partial charge < -0.3 is 21.3 Å². The van der Waals surface area contributed by atoms with E-state index in [1.54, 1.807) is 20.0 Å². The molecule has 1 unspecified atom stereocenters. The molecule has 0 aliphatic heterocycles. The zero-order valence-electron chi connectivity index (χ0n) is 47.9. The van der Waals surface area contributed by atoms with Crippen molar-refractivity contribution in [2.75, 3.05) is 13.6 Å². The Morgan fingerprint density at radius 3 is 1.44 bits per heavy atom. The van der Waals surface area contributed by atoms with Crippen molar-refractivity contribution < 1.29 is 51.9 Å². The maximum absolute atomic E-state index is 13.7. The fourth-order valence-electron chi connectivity index (χ4n) is 10.1. The molecule has 0 saturated heterocycles. The highest BCUT2D eigenvalue weighted by Gasteiger charge is 2.37. The lowest BCUT2D eigenvalue weighted by Gasteiger charge is -2.22. The van der Waals surface area contributed by atoms with Crippen molar-refractivity contribution >= 4 is 81.5 Å². The first kappa shape index (κ1) is 68.2. The Hall–Kier alpha value is -8.90. The fourth-order valence-corrected chi connectivity index (χ4v) is 10.5. The number of fused-ring (bicyclic) bond motifs is 2. The van der Waals surface area contributed by atoms with Gasteiger partial charge in [0.15, 0.2) is 0 Å².